The molecule has 0 unspecified atom stereocenters. The summed E-state index contributed by atoms with van der Waals surface area (Å²) in [6.07, 6.45) is 1.42. The highest BCUT2D eigenvalue weighted by atomic mass is 35.5. The van der Waals surface area contributed by atoms with Crippen molar-refractivity contribution in [2.45, 2.75) is 13.3 Å². The maximum absolute atomic E-state index is 13.7. The SMILES string of the molecule is CCCS(=O)(=O)Nc1ccccc1Nc1nc(Cl)ncc1F. The first-order chi connectivity index (χ1) is 10.4. The zero-order chi connectivity index (χ0) is 16.2. The second-order valence-electron chi connectivity index (χ2n) is 4.43. The van der Waals surface area contributed by atoms with Crippen molar-refractivity contribution in [1.29, 1.82) is 0 Å². The van der Waals surface area contributed by atoms with Crippen LogP contribution < -0.4 is 10.0 Å². The molecule has 118 valence electrons. The summed E-state index contributed by atoms with van der Waals surface area (Å²) in [6.45, 7) is 1.77. The minimum Gasteiger partial charge on any atom is -0.336 e. The lowest BCUT2D eigenvalue weighted by atomic mass is 10.2. The zero-order valence-electron chi connectivity index (χ0n) is 11.7. The molecule has 0 atom stereocenters. The molecule has 0 spiro atoms. The summed E-state index contributed by atoms with van der Waals surface area (Å²) in [6, 6.07) is 6.51. The second-order valence-corrected chi connectivity index (χ2v) is 6.61. The number of nitrogens with one attached hydrogen (secondary N) is 2. The van der Waals surface area contributed by atoms with Crippen LogP contribution in [0.15, 0.2) is 30.5 Å². The summed E-state index contributed by atoms with van der Waals surface area (Å²) in [4.78, 5) is 7.25. The van der Waals surface area contributed by atoms with Crippen molar-refractivity contribution in [3.63, 3.8) is 0 Å². The average Bonchev–Trinajstić information content (AvgIpc) is 2.44. The first kappa shape index (κ1) is 16.4. The molecule has 1 aromatic carbocycles. The van der Waals surface area contributed by atoms with E-state index < -0.39 is 15.8 Å². The van der Waals surface area contributed by atoms with Crippen LogP contribution in [0, 0.1) is 5.82 Å². The summed E-state index contributed by atoms with van der Waals surface area (Å²) in [7, 11) is -3.46. The van der Waals surface area contributed by atoms with E-state index in [-0.39, 0.29) is 16.9 Å². The van der Waals surface area contributed by atoms with Gasteiger partial charge in [-0.3, -0.25) is 4.72 Å². The highest BCUT2D eigenvalue weighted by Crippen LogP contribution is 2.26. The predicted molar refractivity (Wildman–Crippen MR) is 84.4 cm³/mol. The van der Waals surface area contributed by atoms with Gasteiger partial charge in [-0.2, -0.15) is 4.98 Å². The van der Waals surface area contributed by atoms with Crippen LogP contribution in [0.25, 0.3) is 0 Å². The van der Waals surface area contributed by atoms with Crippen LogP contribution in [0.4, 0.5) is 21.6 Å². The monoisotopic (exact) mass is 344 g/mol. The normalized spacial score (nSPS) is 11.2. The van der Waals surface area contributed by atoms with E-state index in [9.17, 15) is 12.8 Å². The fourth-order valence-corrected chi connectivity index (χ4v) is 3.02. The van der Waals surface area contributed by atoms with Gasteiger partial charge < -0.3 is 5.32 Å². The Morgan fingerprint density at radius 3 is 2.64 bits per heavy atom. The summed E-state index contributed by atoms with van der Waals surface area (Å²) in [5.74, 6) is -0.840. The summed E-state index contributed by atoms with van der Waals surface area (Å²) in [5, 5.41) is 2.59. The number of hydrogen-bond acceptors (Lipinski definition) is 5. The van der Waals surface area contributed by atoms with Crippen LogP contribution in [-0.2, 0) is 10.0 Å². The maximum atomic E-state index is 13.7. The molecule has 2 rings (SSSR count). The molecule has 0 aliphatic heterocycles. The molecule has 0 amide bonds. The van der Waals surface area contributed by atoms with Crippen molar-refractivity contribution >= 4 is 38.8 Å². The van der Waals surface area contributed by atoms with Gasteiger partial charge in [-0.1, -0.05) is 19.1 Å². The molecular weight excluding hydrogens is 331 g/mol. The Balaban J connectivity index is 2.31. The van der Waals surface area contributed by atoms with Gasteiger partial charge in [0.25, 0.3) is 0 Å². The molecular formula is C13H14ClFN4O2S. The molecule has 2 N–H and O–H groups in total. The topological polar surface area (TPSA) is 84.0 Å². The van der Waals surface area contributed by atoms with E-state index in [4.69, 9.17) is 11.6 Å². The zero-order valence-corrected chi connectivity index (χ0v) is 13.2. The Morgan fingerprint density at radius 2 is 1.95 bits per heavy atom. The van der Waals surface area contributed by atoms with E-state index in [1.165, 1.54) is 0 Å². The summed E-state index contributed by atoms with van der Waals surface area (Å²) in [5.41, 5.74) is 0.654. The number of anilines is 3. The lowest BCUT2D eigenvalue weighted by molar-refractivity contribution is 0.600. The van der Waals surface area contributed by atoms with Crippen LogP contribution in [0.3, 0.4) is 0 Å². The molecule has 0 aliphatic carbocycles. The van der Waals surface area contributed by atoms with Crippen molar-refractivity contribution in [1.82, 2.24) is 9.97 Å². The maximum Gasteiger partial charge on any atom is 0.232 e. The van der Waals surface area contributed by atoms with E-state index in [2.05, 4.69) is 20.0 Å². The third-order valence-electron chi connectivity index (χ3n) is 2.63. The minimum atomic E-state index is -3.46. The van der Waals surface area contributed by atoms with Gasteiger partial charge in [-0.25, -0.2) is 17.8 Å². The van der Waals surface area contributed by atoms with Crippen molar-refractivity contribution in [2.75, 3.05) is 15.8 Å². The molecule has 6 nitrogen and oxygen atoms in total. The van der Waals surface area contributed by atoms with Crippen LogP contribution in [0.2, 0.25) is 5.28 Å². The first-order valence-electron chi connectivity index (χ1n) is 6.46. The molecule has 0 fully saturated rings. The molecule has 22 heavy (non-hydrogen) atoms. The van der Waals surface area contributed by atoms with Crippen LogP contribution in [0.1, 0.15) is 13.3 Å². The van der Waals surface area contributed by atoms with E-state index in [0.717, 1.165) is 6.20 Å². The van der Waals surface area contributed by atoms with Crippen LogP contribution in [0.5, 0.6) is 0 Å². The lowest BCUT2D eigenvalue weighted by Crippen LogP contribution is -2.17. The van der Waals surface area contributed by atoms with Gasteiger partial charge in [-0.05, 0) is 30.2 Å². The van der Waals surface area contributed by atoms with Crippen molar-refractivity contribution in [3.8, 4) is 0 Å². The van der Waals surface area contributed by atoms with E-state index >= 15 is 0 Å². The molecule has 1 aromatic heterocycles. The standard InChI is InChI=1S/C13H14ClFN4O2S/c1-2-7-22(20,21)19-11-6-4-3-5-10(11)17-12-9(15)8-16-13(14)18-12/h3-6,8,19H,2,7H2,1H3,(H,16,17,18). The fourth-order valence-electron chi connectivity index (χ4n) is 1.73. The third kappa shape index (κ3) is 4.28. The highest BCUT2D eigenvalue weighted by Gasteiger charge is 2.13. The Hall–Kier alpha value is -1.93. The number of halogens is 2. The van der Waals surface area contributed by atoms with Crippen molar-refractivity contribution in [2.24, 2.45) is 0 Å². The predicted octanol–water partition coefficient (Wildman–Crippen LogP) is 3.16. The molecule has 0 saturated carbocycles. The summed E-state index contributed by atoms with van der Waals surface area (Å²) >= 11 is 5.63. The first-order valence-corrected chi connectivity index (χ1v) is 8.49. The largest absolute Gasteiger partial charge is 0.336 e. The van der Waals surface area contributed by atoms with Gasteiger partial charge in [0.2, 0.25) is 15.3 Å². The van der Waals surface area contributed by atoms with Crippen molar-refractivity contribution < 1.29 is 12.8 Å². The average molecular weight is 345 g/mol. The third-order valence-corrected chi connectivity index (χ3v) is 4.29. The minimum absolute atomic E-state index is 0.00493. The Morgan fingerprint density at radius 1 is 1.27 bits per heavy atom. The molecule has 0 saturated heterocycles. The fraction of sp³-hybridized carbons (Fsp3) is 0.231. The number of para-hydroxylation sites is 2. The molecule has 0 radical (unpaired) electrons. The number of benzene rings is 1. The van der Waals surface area contributed by atoms with Gasteiger partial charge in [0, 0.05) is 0 Å². The number of hydrogen-bond donors (Lipinski definition) is 2. The van der Waals surface area contributed by atoms with Gasteiger partial charge in [-0.15, -0.1) is 0 Å². The number of sulfonamides is 1. The molecule has 0 bridgehead atoms. The van der Waals surface area contributed by atoms with Gasteiger partial charge in [0.15, 0.2) is 11.6 Å². The number of aromatic nitrogens is 2. The summed E-state index contributed by atoms with van der Waals surface area (Å²) < 4.78 is 39.8. The highest BCUT2D eigenvalue weighted by molar-refractivity contribution is 7.92. The lowest BCUT2D eigenvalue weighted by Gasteiger charge is -2.13. The smallest absolute Gasteiger partial charge is 0.232 e. The molecule has 0 aliphatic rings. The number of rotatable bonds is 6. The Labute approximate surface area is 132 Å². The van der Waals surface area contributed by atoms with Crippen molar-refractivity contribution in [3.05, 3.63) is 41.6 Å². The van der Waals surface area contributed by atoms with Gasteiger partial charge in [0.1, 0.15) is 0 Å². The Kier molecular flexibility index (Phi) is 5.15. The quantitative estimate of drug-likeness (QED) is 0.786. The Bertz CT molecular complexity index is 770. The second kappa shape index (κ2) is 6.89. The van der Waals surface area contributed by atoms with Gasteiger partial charge in [0.05, 0.1) is 23.3 Å². The molecule has 9 heteroatoms. The van der Waals surface area contributed by atoms with Crippen LogP contribution in [-0.4, -0.2) is 24.1 Å². The van der Waals surface area contributed by atoms with Gasteiger partial charge >= 0.3 is 0 Å². The molecule has 1 heterocycles. The van der Waals surface area contributed by atoms with E-state index in [1.807, 2.05) is 0 Å². The number of nitrogens with zero attached hydrogens (tertiary/aromatic N) is 2. The molecule has 2 aromatic rings. The van der Waals surface area contributed by atoms with Crippen LogP contribution >= 0.6 is 11.6 Å². The van der Waals surface area contributed by atoms with E-state index in [1.54, 1.807) is 31.2 Å². The van der Waals surface area contributed by atoms with E-state index in [0.29, 0.717) is 17.8 Å².